The summed E-state index contributed by atoms with van der Waals surface area (Å²) in [6.07, 6.45) is 3.29. The minimum Gasteiger partial charge on any atom is -0.507 e. The molecule has 0 aliphatic heterocycles. The molecule has 102 valence electrons. The van der Waals surface area contributed by atoms with Crippen molar-refractivity contribution in [2.24, 2.45) is 5.73 Å². The van der Waals surface area contributed by atoms with E-state index in [9.17, 15) is 5.11 Å². The highest BCUT2D eigenvalue weighted by Gasteiger charge is 2.17. The number of methoxy groups -OCH3 is 2. The van der Waals surface area contributed by atoms with E-state index in [1.54, 1.807) is 12.1 Å². The molecule has 0 saturated carbocycles. The number of ether oxygens (including phenoxy) is 2. The number of benzene rings is 1. The zero-order chi connectivity index (χ0) is 12.8. The van der Waals surface area contributed by atoms with Gasteiger partial charge in [-0.3, -0.25) is 0 Å². The van der Waals surface area contributed by atoms with Gasteiger partial charge in [0.15, 0.2) is 0 Å². The maximum Gasteiger partial charge on any atom is 0.131 e. The van der Waals surface area contributed by atoms with Gasteiger partial charge in [0, 0.05) is 18.2 Å². The Morgan fingerprint density at radius 1 is 1.39 bits per heavy atom. The number of aromatic hydroxyl groups is 1. The van der Waals surface area contributed by atoms with Crippen LogP contribution >= 0.6 is 12.4 Å². The Kier molecular flexibility index (Phi) is 7.24. The number of halogens is 1. The van der Waals surface area contributed by atoms with Crippen molar-refractivity contribution in [1.29, 1.82) is 0 Å². The molecule has 0 spiro atoms. The van der Waals surface area contributed by atoms with Gasteiger partial charge in [-0.05, 0) is 12.8 Å². The first-order valence-electron chi connectivity index (χ1n) is 5.45. The highest BCUT2D eigenvalue weighted by atomic mass is 35.5. The van der Waals surface area contributed by atoms with Gasteiger partial charge in [0.05, 0.1) is 19.8 Å². The average molecular weight is 274 g/mol. The summed E-state index contributed by atoms with van der Waals surface area (Å²) in [5.41, 5.74) is 6.63. The molecule has 0 amide bonds. The second-order valence-electron chi connectivity index (χ2n) is 3.73. The molecule has 0 fully saturated rings. The Balaban J connectivity index is 0.00000289. The quantitative estimate of drug-likeness (QED) is 0.782. The van der Waals surface area contributed by atoms with Gasteiger partial charge in [-0.15, -0.1) is 19.0 Å². The van der Waals surface area contributed by atoms with Crippen molar-refractivity contribution >= 4 is 12.4 Å². The smallest absolute Gasteiger partial charge is 0.131 e. The largest absolute Gasteiger partial charge is 0.507 e. The number of phenols is 1. The van der Waals surface area contributed by atoms with Gasteiger partial charge in [-0.25, -0.2) is 0 Å². The Bertz CT molecular complexity index is 396. The molecule has 0 heterocycles. The molecule has 1 atom stereocenters. The van der Waals surface area contributed by atoms with Crippen molar-refractivity contribution in [3.05, 3.63) is 30.4 Å². The minimum atomic E-state index is -0.283. The zero-order valence-corrected chi connectivity index (χ0v) is 11.5. The third kappa shape index (κ3) is 3.82. The third-order valence-corrected chi connectivity index (χ3v) is 2.60. The van der Waals surface area contributed by atoms with Crippen LogP contribution in [0.4, 0.5) is 0 Å². The van der Waals surface area contributed by atoms with Crippen molar-refractivity contribution in [2.75, 3.05) is 14.2 Å². The summed E-state index contributed by atoms with van der Waals surface area (Å²) < 4.78 is 10.3. The molecule has 0 aromatic heterocycles. The normalized spacial score (nSPS) is 11.3. The van der Waals surface area contributed by atoms with Gasteiger partial charge in [-0.2, -0.15) is 0 Å². The fraction of sp³-hybridized carbons (Fsp3) is 0.385. The van der Waals surface area contributed by atoms with E-state index in [2.05, 4.69) is 6.58 Å². The van der Waals surface area contributed by atoms with Gasteiger partial charge in [0.1, 0.15) is 17.2 Å². The maximum atomic E-state index is 9.94. The lowest BCUT2D eigenvalue weighted by Crippen LogP contribution is -2.11. The summed E-state index contributed by atoms with van der Waals surface area (Å²) in [6.45, 7) is 3.65. The van der Waals surface area contributed by atoms with Gasteiger partial charge in [0.2, 0.25) is 0 Å². The lowest BCUT2D eigenvalue weighted by atomic mass is 10.0. The molecule has 1 aromatic carbocycles. The van der Waals surface area contributed by atoms with Crippen LogP contribution in [-0.4, -0.2) is 19.3 Å². The van der Waals surface area contributed by atoms with Gasteiger partial charge >= 0.3 is 0 Å². The summed E-state index contributed by atoms with van der Waals surface area (Å²) >= 11 is 0. The van der Waals surface area contributed by atoms with E-state index in [1.165, 1.54) is 20.3 Å². The Morgan fingerprint density at radius 2 is 2.06 bits per heavy atom. The van der Waals surface area contributed by atoms with Crippen LogP contribution in [0.3, 0.4) is 0 Å². The summed E-state index contributed by atoms with van der Waals surface area (Å²) in [6, 6.07) is 2.96. The first-order valence-corrected chi connectivity index (χ1v) is 5.45. The van der Waals surface area contributed by atoms with E-state index in [0.29, 0.717) is 23.5 Å². The standard InChI is InChI=1S/C13H19NO3.ClH/c1-4-5-6-10(14)13-11(15)7-9(16-2)8-12(13)17-3;/h4,7-8,10,15H,1,5-6,14H2,2-3H3;1H/t10-;/m1./s1. The molecule has 0 aliphatic carbocycles. The van der Waals surface area contributed by atoms with Crippen molar-refractivity contribution in [2.45, 2.75) is 18.9 Å². The predicted octanol–water partition coefficient (Wildman–Crippen LogP) is 2.80. The predicted molar refractivity (Wildman–Crippen MR) is 74.8 cm³/mol. The molecule has 4 nitrogen and oxygen atoms in total. The molecule has 1 rings (SSSR count). The van der Waals surface area contributed by atoms with Crippen LogP contribution in [0.1, 0.15) is 24.4 Å². The molecule has 1 aromatic rings. The number of hydrogen-bond acceptors (Lipinski definition) is 4. The van der Waals surface area contributed by atoms with E-state index < -0.39 is 0 Å². The van der Waals surface area contributed by atoms with Crippen molar-refractivity contribution in [3.8, 4) is 17.2 Å². The molecular weight excluding hydrogens is 254 g/mol. The second-order valence-corrected chi connectivity index (χ2v) is 3.73. The van der Waals surface area contributed by atoms with E-state index in [4.69, 9.17) is 15.2 Å². The number of phenolic OH excluding ortho intramolecular Hbond substituents is 1. The van der Waals surface area contributed by atoms with Crippen molar-refractivity contribution in [3.63, 3.8) is 0 Å². The highest BCUT2D eigenvalue weighted by molar-refractivity contribution is 5.85. The van der Waals surface area contributed by atoms with Crippen LogP contribution in [0.15, 0.2) is 24.8 Å². The summed E-state index contributed by atoms with van der Waals surface area (Å²) in [5.74, 6) is 1.18. The third-order valence-electron chi connectivity index (χ3n) is 2.60. The lowest BCUT2D eigenvalue weighted by molar-refractivity contribution is 0.374. The maximum absolute atomic E-state index is 9.94. The number of allylic oxidation sites excluding steroid dienone is 1. The van der Waals surface area contributed by atoms with E-state index >= 15 is 0 Å². The Morgan fingerprint density at radius 3 is 2.56 bits per heavy atom. The molecule has 3 N–H and O–H groups in total. The molecule has 5 heteroatoms. The van der Waals surface area contributed by atoms with Crippen molar-refractivity contribution in [1.82, 2.24) is 0 Å². The highest BCUT2D eigenvalue weighted by Crippen LogP contribution is 2.38. The molecule has 18 heavy (non-hydrogen) atoms. The average Bonchev–Trinajstić information content (AvgIpc) is 2.34. The zero-order valence-electron chi connectivity index (χ0n) is 10.7. The minimum absolute atomic E-state index is 0. The monoisotopic (exact) mass is 273 g/mol. The van der Waals surface area contributed by atoms with Crippen molar-refractivity contribution < 1.29 is 14.6 Å². The van der Waals surface area contributed by atoms with Gasteiger partial charge in [-0.1, -0.05) is 6.08 Å². The number of rotatable bonds is 6. The van der Waals surface area contributed by atoms with Gasteiger partial charge < -0.3 is 20.3 Å². The molecule has 0 saturated heterocycles. The molecule has 0 aliphatic rings. The summed E-state index contributed by atoms with van der Waals surface area (Å²) in [5, 5.41) is 9.94. The van der Waals surface area contributed by atoms with E-state index in [-0.39, 0.29) is 24.2 Å². The number of nitrogens with two attached hydrogens (primary N) is 1. The lowest BCUT2D eigenvalue weighted by Gasteiger charge is -2.17. The summed E-state index contributed by atoms with van der Waals surface area (Å²) in [4.78, 5) is 0. The van der Waals surface area contributed by atoms with Crippen LogP contribution in [0.2, 0.25) is 0 Å². The van der Waals surface area contributed by atoms with Gasteiger partial charge in [0.25, 0.3) is 0 Å². The van der Waals surface area contributed by atoms with Crippen LogP contribution in [-0.2, 0) is 0 Å². The van der Waals surface area contributed by atoms with Crippen LogP contribution in [0, 0.1) is 0 Å². The molecule has 0 bridgehead atoms. The molecule has 0 unspecified atom stereocenters. The van der Waals surface area contributed by atoms with Crippen LogP contribution < -0.4 is 15.2 Å². The first kappa shape index (κ1) is 16.6. The number of hydrogen-bond donors (Lipinski definition) is 2. The second kappa shape index (κ2) is 7.84. The first-order chi connectivity index (χ1) is 8.13. The SMILES string of the molecule is C=CCC[C@@H](N)c1c(O)cc(OC)cc1OC.Cl. The topological polar surface area (TPSA) is 64.7 Å². The Labute approximate surface area is 114 Å². The summed E-state index contributed by atoms with van der Waals surface area (Å²) in [7, 11) is 3.07. The van der Waals surface area contributed by atoms with Crippen LogP contribution in [0.25, 0.3) is 0 Å². The Hall–Kier alpha value is -1.39. The fourth-order valence-electron chi connectivity index (χ4n) is 1.69. The van der Waals surface area contributed by atoms with Crippen LogP contribution in [0.5, 0.6) is 17.2 Å². The molecule has 0 radical (unpaired) electrons. The van der Waals surface area contributed by atoms with E-state index in [0.717, 1.165) is 6.42 Å². The fourth-order valence-corrected chi connectivity index (χ4v) is 1.69. The van der Waals surface area contributed by atoms with E-state index in [1.807, 2.05) is 0 Å². The molecular formula is C13H20ClNO3.